The molecular formula is C25H54N12. The molecule has 12 nitrogen and oxygen atoms in total. The molecule has 12 heteroatoms. The lowest BCUT2D eigenvalue weighted by Gasteiger charge is -2.21. The molecule has 0 aromatic carbocycles. The maximum Gasteiger partial charge on any atom is 0.141 e. The lowest BCUT2D eigenvalue weighted by molar-refractivity contribution is 0.263. The van der Waals surface area contributed by atoms with Crippen molar-refractivity contribution < 1.29 is 4.28 Å². The monoisotopic (exact) mass is 522 g/mol. The van der Waals surface area contributed by atoms with Gasteiger partial charge < -0.3 is 4.90 Å². The van der Waals surface area contributed by atoms with Gasteiger partial charge in [-0.25, -0.2) is 15.0 Å². The molecule has 4 rings (SSSR count). The van der Waals surface area contributed by atoms with E-state index in [1.165, 1.54) is 0 Å². The molecule has 0 aromatic heterocycles. The molecule has 4 aliphatic rings. The Morgan fingerprint density at radius 3 is 1.35 bits per heavy atom. The van der Waals surface area contributed by atoms with E-state index in [4.69, 9.17) is 0 Å². The normalized spacial score (nSPS) is 16.8. The summed E-state index contributed by atoms with van der Waals surface area (Å²) in [5.74, 6) is 3.13. The third kappa shape index (κ3) is 11.1. The van der Waals surface area contributed by atoms with Crippen molar-refractivity contribution in [2.24, 2.45) is 20.1 Å². The Morgan fingerprint density at radius 1 is 0.703 bits per heavy atom. The van der Waals surface area contributed by atoms with Crippen LogP contribution in [0.25, 0.3) is 0 Å². The lowest BCUT2D eigenvalue weighted by atomic mass is 10.3. The van der Waals surface area contributed by atoms with Crippen LogP contribution in [-0.2, 0) is 0 Å². The van der Waals surface area contributed by atoms with Crippen LogP contribution in [0.1, 0.15) is 67.1 Å². The van der Waals surface area contributed by atoms with E-state index in [1.807, 2.05) is 19.9 Å². The summed E-state index contributed by atoms with van der Waals surface area (Å²) in [6.07, 6.45) is 6.77. The third-order valence-electron chi connectivity index (χ3n) is 4.81. The highest BCUT2D eigenvalue weighted by Crippen LogP contribution is 2.08. The topological polar surface area (TPSA) is 111 Å². The van der Waals surface area contributed by atoms with Gasteiger partial charge in [0.05, 0.1) is 0 Å². The molecule has 0 bridgehead atoms. The summed E-state index contributed by atoms with van der Waals surface area (Å²) in [5, 5.41) is 9.53. The number of nitrogens with one attached hydrogen (secondary N) is 4. The highest BCUT2D eigenvalue weighted by atomic mass is 15.6. The summed E-state index contributed by atoms with van der Waals surface area (Å²) < 4.78 is 0. The van der Waals surface area contributed by atoms with E-state index in [2.05, 4.69) is 123 Å². The second kappa shape index (κ2) is 15.9. The first-order valence-corrected chi connectivity index (χ1v) is 11.9. The standard InChI is InChI=1S/4C6H11N3.CH4.3H2/c1-5(2)9-4-7-8-6(9)3;1-5(2)9-4-7-6(3)8-9;2*1-5(2)9-6(3)7-4-8-9;;;;/h2*4-5,8H,3H2,1-2H3;2*4-5H,3H2,1-2H3,(H,7,8);1H4;3*1H. The van der Waals surface area contributed by atoms with Crippen LogP contribution in [-0.4, -0.2) is 69.4 Å². The van der Waals surface area contributed by atoms with Gasteiger partial charge in [-0.3, -0.25) is 36.7 Å². The summed E-state index contributed by atoms with van der Waals surface area (Å²) >= 11 is 0. The van der Waals surface area contributed by atoms with Gasteiger partial charge in [0.2, 0.25) is 0 Å². The Labute approximate surface area is 228 Å². The van der Waals surface area contributed by atoms with Gasteiger partial charge in [-0.2, -0.15) is 5.10 Å². The van der Waals surface area contributed by atoms with Crippen molar-refractivity contribution in [3.05, 3.63) is 49.6 Å². The molecule has 0 spiro atoms. The zero-order valence-electron chi connectivity index (χ0n) is 23.0. The molecule has 214 valence electrons. The van der Waals surface area contributed by atoms with Crippen LogP contribution < -0.4 is 21.7 Å². The zero-order chi connectivity index (χ0) is 27.4. The Morgan fingerprint density at radius 2 is 1.19 bits per heavy atom. The molecule has 0 unspecified atom stereocenters. The van der Waals surface area contributed by atoms with Gasteiger partial charge in [-0.1, -0.05) is 33.7 Å². The number of hydrazone groups is 1. The number of aliphatic imine (C=N–C) groups is 3. The Hall–Kier alpha value is -3.96. The van der Waals surface area contributed by atoms with E-state index in [-0.39, 0.29) is 11.7 Å². The summed E-state index contributed by atoms with van der Waals surface area (Å²) in [6, 6.07) is 1.71. The van der Waals surface area contributed by atoms with Gasteiger partial charge in [-0.15, -0.1) is 0 Å². The highest BCUT2D eigenvalue weighted by molar-refractivity contribution is 5.60. The molecule has 4 N–H and O–H groups in total. The molecule has 0 aromatic rings. The fourth-order valence-electron chi connectivity index (χ4n) is 2.84. The Kier molecular flexibility index (Phi) is 14.2. The molecule has 0 aliphatic carbocycles. The van der Waals surface area contributed by atoms with Crippen LogP contribution >= 0.6 is 0 Å². The SMILES string of the molecule is C.C=C1N=CN(C(C)C)N1.C=C1N=CNN1C(C)C.C=C1N=CNN1C(C)C.C=C1NN=CN1C(C)C.[HH].[HH].[HH]. The smallest absolute Gasteiger partial charge is 0.141 e. The van der Waals surface area contributed by atoms with Crippen molar-refractivity contribution in [3.8, 4) is 0 Å². The van der Waals surface area contributed by atoms with Crippen LogP contribution in [0, 0.1) is 0 Å². The van der Waals surface area contributed by atoms with E-state index in [0.717, 1.165) is 17.5 Å². The van der Waals surface area contributed by atoms with E-state index >= 15 is 0 Å². The van der Waals surface area contributed by atoms with Crippen molar-refractivity contribution >= 4 is 25.4 Å². The molecule has 0 saturated carbocycles. The average Bonchev–Trinajstić information content (AvgIpc) is 3.58. The number of hydrazine groups is 3. The minimum atomic E-state index is 0. The number of hydrogen-bond donors (Lipinski definition) is 4. The van der Waals surface area contributed by atoms with Crippen LogP contribution in [0.15, 0.2) is 69.7 Å². The van der Waals surface area contributed by atoms with Crippen molar-refractivity contribution in [2.45, 2.75) is 87.0 Å². The van der Waals surface area contributed by atoms with Crippen molar-refractivity contribution in [3.63, 3.8) is 0 Å². The second-order valence-electron chi connectivity index (χ2n) is 9.14. The molecule has 0 atom stereocenters. The first kappa shape index (κ1) is 33.0. The predicted octanol–water partition coefficient (Wildman–Crippen LogP) is 4.23. The quantitative estimate of drug-likeness (QED) is 0.434. The van der Waals surface area contributed by atoms with E-state index in [1.54, 1.807) is 25.4 Å². The van der Waals surface area contributed by atoms with Crippen LogP contribution in [0.3, 0.4) is 0 Å². The first-order chi connectivity index (χ1) is 16.8. The molecule has 0 amide bonds. The van der Waals surface area contributed by atoms with Crippen LogP contribution in [0.2, 0.25) is 0 Å². The maximum atomic E-state index is 3.93. The molecule has 4 heterocycles. The minimum absolute atomic E-state index is 0. The van der Waals surface area contributed by atoms with E-state index in [0.29, 0.717) is 30.0 Å². The Bertz CT molecular complexity index is 861. The fourth-order valence-corrected chi connectivity index (χ4v) is 2.84. The summed E-state index contributed by atoms with van der Waals surface area (Å²) in [7, 11) is 0. The van der Waals surface area contributed by atoms with Crippen LogP contribution in [0.5, 0.6) is 0 Å². The van der Waals surface area contributed by atoms with Gasteiger partial charge in [0.25, 0.3) is 0 Å². The van der Waals surface area contributed by atoms with Crippen molar-refractivity contribution in [1.29, 1.82) is 0 Å². The molecule has 0 saturated heterocycles. The van der Waals surface area contributed by atoms with Gasteiger partial charge >= 0.3 is 0 Å². The van der Waals surface area contributed by atoms with Crippen LogP contribution in [0.4, 0.5) is 0 Å². The second-order valence-corrected chi connectivity index (χ2v) is 9.14. The molecule has 0 radical (unpaired) electrons. The third-order valence-corrected chi connectivity index (χ3v) is 4.81. The number of hydrogen-bond acceptors (Lipinski definition) is 12. The predicted molar refractivity (Wildman–Crippen MR) is 164 cm³/mol. The fraction of sp³-hybridized carbons (Fsp3) is 0.520. The van der Waals surface area contributed by atoms with Crippen molar-refractivity contribution in [2.75, 3.05) is 0 Å². The summed E-state index contributed by atoms with van der Waals surface area (Å²) in [6.45, 7) is 31.5. The number of nitrogens with zero attached hydrogens (tertiary/aromatic N) is 8. The van der Waals surface area contributed by atoms with Gasteiger partial charge in [0.15, 0.2) is 0 Å². The average molecular weight is 523 g/mol. The first-order valence-electron chi connectivity index (χ1n) is 11.9. The highest BCUT2D eigenvalue weighted by Gasteiger charge is 2.14. The molecule has 37 heavy (non-hydrogen) atoms. The van der Waals surface area contributed by atoms with E-state index < -0.39 is 0 Å². The minimum Gasteiger partial charge on any atom is -0.314 e. The maximum absolute atomic E-state index is 3.93. The summed E-state index contributed by atoms with van der Waals surface area (Å²) in [5.41, 5.74) is 11.6. The van der Waals surface area contributed by atoms with Gasteiger partial charge in [0, 0.05) is 28.4 Å². The van der Waals surface area contributed by atoms with Gasteiger partial charge in [0.1, 0.15) is 48.6 Å². The molecule has 0 fully saturated rings. The summed E-state index contributed by atoms with van der Waals surface area (Å²) in [4.78, 5) is 13.8. The molecule has 4 aliphatic heterocycles. The molecular weight excluding hydrogens is 468 g/mol. The largest absolute Gasteiger partial charge is 0.314 e. The van der Waals surface area contributed by atoms with E-state index in [9.17, 15) is 0 Å². The Balaban J connectivity index is -0.000000209. The van der Waals surface area contributed by atoms with Gasteiger partial charge in [-0.05, 0) is 55.4 Å². The van der Waals surface area contributed by atoms with Crippen molar-refractivity contribution in [1.82, 2.24) is 41.6 Å². The zero-order valence-corrected chi connectivity index (χ0v) is 23.0. The lowest BCUT2D eigenvalue weighted by Crippen LogP contribution is -2.36. The number of rotatable bonds is 4.